The predicted octanol–water partition coefficient (Wildman–Crippen LogP) is -0.199. The molecule has 1 rings (SSSR count). The molecule has 1 heterocycles. The number of rotatable bonds is 5. The van der Waals surface area contributed by atoms with E-state index in [0.29, 0.717) is 19.4 Å². The number of hydrogen-bond acceptors (Lipinski definition) is 3. The molecule has 2 amide bonds. The molecule has 0 aromatic carbocycles. The molecule has 1 fully saturated rings. The lowest BCUT2D eigenvalue weighted by molar-refractivity contribution is -0.125. The molecule has 1 aliphatic heterocycles. The Balaban J connectivity index is 0.00000225. The zero-order chi connectivity index (χ0) is 11.3. The van der Waals surface area contributed by atoms with E-state index in [2.05, 4.69) is 16.0 Å². The Labute approximate surface area is 102 Å². The lowest BCUT2D eigenvalue weighted by Gasteiger charge is -2.15. The highest BCUT2D eigenvalue weighted by Gasteiger charge is 2.26. The van der Waals surface area contributed by atoms with Crippen LogP contribution in [0.5, 0.6) is 0 Å². The number of carbonyl (C=O) groups excluding carboxylic acids is 2. The first-order valence-corrected chi connectivity index (χ1v) is 5.44. The highest BCUT2D eigenvalue weighted by molar-refractivity contribution is 5.90. The van der Waals surface area contributed by atoms with Gasteiger partial charge in [0.25, 0.3) is 0 Å². The number of halogens is 1. The number of nitrogens with one attached hydrogen (secondary N) is 3. The zero-order valence-corrected chi connectivity index (χ0v) is 10.5. The Morgan fingerprint density at radius 1 is 1.62 bits per heavy atom. The summed E-state index contributed by atoms with van der Waals surface area (Å²) < 4.78 is 0. The quantitative estimate of drug-likeness (QED) is 0.632. The van der Waals surface area contributed by atoms with Gasteiger partial charge in [0.2, 0.25) is 11.8 Å². The Bertz CT molecular complexity index is 248. The van der Waals surface area contributed by atoms with Crippen molar-refractivity contribution in [3.05, 3.63) is 0 Å². The van der Waals surface area contributed by atoms with Crippen molar-refractivity contribution in [2.24, 2.45) is 0 Å². The predicted molar refractivity (Wildman–Crippen MR) is 64.6 cm³/mol. The molecular formula is C10H20ClN3O2. The molecule has 0 unspecified atom stereocenters. The van der Waals surface area contributed by atoms with Crippen LogP contribution in [0, 0.1) is 0 Å². The Morgan fingerprint density at radius 2 is 2.31 bits per heavy atom. The molecule has 94 valence electrons. The van der Waals surface area contributed by atoms with Gasteiger partial charge >= 0.3 is 0 Å². The van der Waals surface area contributed by atoms with Gasteiger partial charge in [-0.2, -0.15) is 0 Å². The van der Waals surface area contributed by atoms with Crippen molar-refractivity contribution in [1.82, 2.24) is 16.0 Å². The number of hydrogen-bond donors (Lipinski definition) is 3. The van der Waals surface area contributed by atoms with Crippen molar-refractivity contribution in [1.29, 1.82) is 0 Å². The fraction of sp³-hybridized carbons (Fsp3) is 0.800. The lowest BCUT2D eigenvalue weighted by Crippen LogP contribution is -2.46. The van der Waals surface area contributed by atoms with Gasteiger partial charge < -0.3 is 16.0 Å². The van der Waals surface area contributed by atoms with Gasteiger partial charge in [-0.05, 0) is 19.9 Å². The molecule has 0 bridgehead atoms. The summed E-state index contributed by atoms with van der Waals surface area (Å²) in [4.78, 5) is 22.4. The van der Waals surface area contributed by atoms with Crippen molar-refractivity contribution in [2.75, 3.05) is 13.1 Å². The Kier molecular flexibility index (Phi) is 7.08. The average Bonchev–Trinajstić information content (AvgIpc) is 2.62. The minimum Gasteiger partial charge on any atom is -0.353 e. The molecule has 0 spiro atoms. The zero-order valence-electron chi connectivity index (χ0n) is 9.71. The third-order valence-corrected chi connectivity index (χ3v) is 2.45. The van der Waals surface area contributed by atoms with Crippen LogP contribution in [0.1, 0.15) is 26.7 Å². The smallest absolute Gasteiger partial charge is 0.242 e. The summed E-state index contributed by atoms with van der Waals surface area (Å²) in [6.07, 6.45) is 1.07. The van der Waals surface area contributed by atoms with Crippen LogP contribution < -0.4 is 16.0 Å². The monoisotopic (exact) mass is 249 g/mol. The van der Waals surface area contributed by atoms with Gasteiger partial charge in [-0.1, -0.05) is 6.92 Å². The third-order valence-electron chi connectivity index (χ3n) is 2.45. The van der Waals surface area contributed by atoms with E-state index in [1.54, 1.807) is 0 Å². The fourth-order valence-electron chi connectivity index (χ4n) is 1.61. The van der Waals surface area contributed by atoms with Gasteiger partial charge in [0.1, 0.15) is 6.04 Å². The fourth-order valence-corrected chi connectivity index (χ4v) is 1.61. The minimum atomic E-state index is -0.327. The maximum absolute atomic E-state index is 11.5. The maximum Gasteiger partial charge on any atom is 0.242 e. The molecule has 6 heteroatoms. The summed E-state index contributed by atoms with van der Waals surface area (Å²) >= 11 is 0. The van der Waals surface area contributed by atoms with Crippen molar-refractivity contribution in [3.63, 3.8) is 0 Å². The van der Waals surface area contributed by atoms with Crippen molar-refractivity contribution in [3.8, 4) is 0 Å². The normalized spacial score (nSPS) is 20.9. The van der Waals surface area contributed by atoms with E-state index < -0.39 is 0 Å². The Morgan fingerprint density at radius 3 is 2.81 bits per heavy atom. The first kappa shape index (κ1) is 15.2. The van der Waals surface area contributed by atoms with E-state index in [1.165, 1.54) is 0 Å². The molecule has 0 aromatic rings. The van der Waals surface area contributed by atoms with Gasteiger partial charge in [-0.15, -0.1) is 12.4 Å². The van der Waals surface area contributed by atoms with Gasteiger partial charge in [0.05, 0.1) is 0 Å². The molecule has 0 aliphatic carbocycles. The minimum absolute atomic E-state index is 0. The Hall–Kier alpha value is -0.810. The van der Waals surface area contributed by atoms with Crippen molar-refractivity contribution < 1.29 is 9.59 Å². The molecule has 3 N–H and O–H groups in total. The summed E-state index contributed by atoms with van der Waals surface area (Å²) in [5.41, 5.74) is 0. The van der Waals surface area contributed by atoms with E-state index in [-0.39, 0.29) is 36.3 Å². The lowest BCUT2D eigenvalue weighted by atomic mass is 10.2. The molecule has 0 saturated carbocycles. The highest BCUT2D eigenvalue weighted by atomic mass is 35.5. The van der Waals surface area contributed by atoms with Gasteiger partial charge in [0, 0.05) is 19.0 Å². The van der Waals surface area contributed by atoms with Gasteiger partial charge in [-0.3, -0.25) is 9.59 Å². The molecule has 0 aromatic heterocycles. The summed E-state index contributed by atoms with van der Waals surface area (Å²) in [5, 5.41) is 8.65. The van der Waals surface area contributed by atoms with Crippen LogP contribution in [0.4, 0.5) is 0 Å². The second kappa shape index (κ2) is 7.46. The molecule has 2 atom stereocenters. The molecule has 0 radical (unpaired) electrons. The van der Waals surface area contributed by atoms with E-state index in [0.717, 1.165) is 6.54 Å². The van der Waals surface area contributed by atoms with E-state index in [4.69, 9.17) is 0 Å². The molecule has 1 aliphatic rings. The molecule has 5 nitrogen and oxygen atoms in total. The summed E-state index contributed by atoms with van der Waals surface area (Å²) in [5.74, 6) is -0.111. The third kappa shape index (κ3) is 4.81. The van der Waals surface area contributed by atoms with Crippen LogP contribution in [-0.2, 0) is 9.59 Å². The first-order valence-electron chi connectivity index (χ1n) is 5.44. The second-order valence-corrected chi connectivity index (χ2v) is 3.86. The van der Waals surface area contributed by atoms with Crippen LogP contribution in [-0.4, -0.2) is 37.0 Å². The topological polar surface area (TPSA) is 70.2 Å². The maximum atomic E-state index is 11.5. The standard InChI is InChI=1S/C10H19N3O2.ClH/c1-3-11-7(2)6-12-10(15)8-4-5-9(14)13-8;/h7-8,11H,3-6H2,1-2H3,(H,12,15)(H,13,14);1H/t7-,8+;/m1./s1. The van der Waals surface area contributed by atoms with Crippen LogP contribution in [0.15, 0.2) is 0 Å². The van der Waals surface area contributed by atoms with Gasteiger partial charge in [0.15, 0.2) is 0 Å². The van der Waals surface area contributed by atoms with Crippen LogP contribution in [0.2, 0.25) is 0 Å². The molecule has 16 heavy (non-hydrogen) atoms. The SMILES string of the molecule is CCN[C@H](C)CNC(=O)[C@@H]1CCC(=O)N1.Cl. The molecular weight excluding hydrogens is 230 g/mol. The average molecular weight is 250 g/mol. The first-order chi connectivity index (χ1) is 7.13. The van der Waals surface area contributed by atoms with Crippen LogP contribution in [0.3, 0.4) is 0 Å². The largest absolute Gasteiger partial charge is 0.353 e. The second-order valence-electron chi connectivity index (χ2n) is 3.86. The summed E-state index contributed by atoms with van der Waals surface area (Å²) in [6.45, 7) is 5.52. The highest BCUT2D eigenvalue weighted by Crippen LogP contribution is 2.05. The van der Waals surface area contributed by atoms with E-state index in [9.17, 15) is 9.59 Å². The van der Waals surface area contributed by atoms with Crippen molar-refractivity contribution >= 4 is 24.2 Å². The molecule has 1 saturated heterocycles. The number of carbonyl (C=O) groups is 2. The van der Waals surface area contributed by atoms with Crippen molar-refractivity contribution in [2.45, 2.75) is 38.8 Å². The van der Waals surface area contributed by atoms with Crippen LogP contribution >= 0.6 is 12.4 Å². The van der Waals surface area contributed by atoms with E-state index in [1.807, 2.05) is 13.8 Å². The van der Waals surface area contributed by atoms with Crippen LogP contribution in [0.25, 0.3) is 0 Å². The van der Waals surface area contributed by atoms with E-state index >= 15 is 0 Å². The summed E-state index contributed by atoms with van der Waals surface area (Å²) in [6, 6.07) is -0.0672. The number of likely N-dealkylation sites (N-methyl/N-ethyl adjacent to an activating group) is 1. The number of amides is 2. The summed E-state index contributed by atoms with van der Waals surface area (Å²) in [7, 11) is 0. The van der Waals surface area contributed by atoms with Gasteiger partial charge in [-0.25, -0.2) is 0 Å².